The van der Waals surface area contributed by atoms with Crippen molar-refractivity contribution in [3.05, 3.63) is 28.8 Å². The summed E-state index contributed by atoms with van der Waals surface area (Å²) in [7, 11) is 0. The van der Waals surface area contributed by atoms with E-state index in [0.717, 1.165) is 0 Å². The lowest BCUT2D eigenvalue weighted by atomic mass is 10.2. The van der Waals surface area contributed by atoms with Crippen LogP contribution in [0.5, 0.6) is 0 Å². The summed E-state index contributed by atoms with van der Waals surface area (Å²) in [4.78, 5) is 4.07. The predicted molar refractivity (Wildman–Crippen MR) is 58.3 cm³/mol. The SMILES string of the molecule is C#Cc1cc2ncn(CC)c2c(F)c1Cl. The second-order valence-electron chi connectivity index (χ2n) is 3.09. The van der Waals surface area contributed by atoms with Gasteiger partial charge < -0.3 is 4.57 Å². The quantitative estimate of drug-likeness (QED) is 0.679. The molecule has 0 bridgehead atoms. The Bertz CT molecular complexity index is 566. The van der Waals surface area contributed by atoms with Crippen LogP contribution < -0.4 is 0 Å². The maximum atomic E-state index is 13.8. The first kappa shape index (κ1) is 10.0. The topological polar surface area (TPSA) is 17.8 Å². The zero-order valence-electron chi connectivity index (χ0n) is 8.09. The molecule has 4 heteroatoms. The van der Waals surface area contributed by atoms with Crippen LogP contribution in [0.25, 0.3) is 11.0 Å². The summed E-state index contributed by atoms with van der Waals surface area (Å²) in [5.41, 5.74) is 1.27. The lowest BCUT2D eigenvalue weighted by Crippen LogP contribution is -1.95. The van der Waals surface area contributed by atoms with Gasteiger partial charge in [-0.25, -0.2) is 9.37 Å². The van der Waals surface area contributed by atoms with Gasteiger partial charge in [0.15, 0.2) is 5.82 Å². The fourth-order valence-corrected chi connectivity index (χ4v) is 1.71. The van der Waals surface area contributed by atoms with Crippen molar-refractivity contribution in [1.29, 1.82) is 0 Å². The smallest absolute Gasteiger partial charge is 0.168 e. The maximum Gasteiger partial charge on any atom is 0.168 e. The Morgan fingerprint density at radius 2 is 2.40 bits per heavy atom. The summed E-state index contributed by atoms with van der Waals surface area (Å²) in [6.45, 7) is 2.54. The molecular formula is C11H8ClFN2. The Morgan fingerprint density at radius 3 is 3.00 bits per heavy atom. The number of rotatable bonds is 1. The summed E-state index contributed by atoms with van der Waals surface area (Å²) in [5.74, 6) is 1.84. The average Bonchev–Trinajstić information content (AvgIpc) is 2.66. The zero-order chi connectivity index (χ0) is 11.0. The second kappa shape index (κ2) is 3.56. The Hall–Kier alpha value is -1.53. The van der Waals surface area contributed by atoms with Gasteiger partial charge in [-0.05, 0) is 13.0 Å². The van der Waals surface area contributed by atoms with Gasteiger partial charge in [-0.15, -0.1) is 6.42 Å². The Balaban J connectivity index is 2.89. The van der Waals surface area contributed by atoms with E-state index in [1.165, 1.54) is 0 Å². The van der Waals surface area contributed by atoms with Crippen LogP contribution in [0.4, 0.5) is 4.39 Å². The number of benzene rings is 1. The van der Waals surface area contributed by atoms with Crippen molar-refractivity contribution in [3.63, 3.8) is 0 Å². The summed E-state index contributed by atoms with van der Waals surface area (Å²) >= 11 is 5.80. The Kier molecular flexibility index (Phi) is 2.37. The predicted octanol–water partition coefficient (Wildman–Crippen LogP) is 2.83. The van der Waals surface area contributed by atoms with Crippen LogP contribution in [-0.4, -0.2) is 9.55 Å². The molecule has 0 fully saturated rings. The van der Waals surface area contributed by atoms with E-state index in [-0.39, 0.29) is 5.02 Å². The summed E-state index contributed by atoms with van der Waals surface area (Å²) in [6.07, 6.45) is 6.79. The normalized spacial score (nSPS) is 10.5. The number of fused-ring (bicyclic) bond motifs is 1. The second-order valence-corrected chi connectivity index (χ2v) is 3.47. The van der Waals surface area contributed by atoms with Crippen LogP contribution >= 0.6 is 11.6 Å². The van der Waals surface area contributed by atoms with E-state index in [1.807, 2.05) is 6.92 Å². The summed E-state index contributed by atoms with van der Waals surface area (Å²) in [6, 6.07) is 1.62. The van der Waals surface area contributed by atoms with E-state index < -0.39 is 5.82 Å². The zero-order valence-corrected chi connectivity index (χ0v) is 8.85. The highest BCUT2D eigenvalue weighted by Gasteiger charge is 2.14. The average molecular weight is 223 g/mol. The van der Waals surface area contributed by atoms with Gasteiger partial charge in [0, 0.05) is 12.1 Å². The highest BCUT2D eigenvalue weighted by Crippen LogP contribution is 2.27. The molecule has 0 aliphatic rings. The summed E-state index contributed by atoms with van der Waals surface area (Å²) in [5, 5.41) is -0.0137. The molecule has 2 nitrogen and oxygen atoms in total. The monoisotopic (exact) mass is 222 g/mol. The van der Waals surface area contributed by atoms with Crippen molar-refractivity contribution in [2.45, 2.75) is 13.5 Å². The fraction of sp³-hybridized carbons (Fsp3) is 0.182. The first-order valence-corrected chi connectivity index (χ1v) is 4.86. The molecule has 2 rings (SSSR count). The van der Waals surface area contributed by atoms with E-state index in [0.29, 0.717) is 23.1 Å². The van der Waals surface area contributed by atoms with E-state index in [4.69, 9.17) is 18.0 Å². The molecule has 0 radical (unpaired) electrons. The molecule has 1 aromatic heterocycles. The van der Waals surface area contributed by atoms with Crippen molar-refractivity contribution in [3.8, 4) is 12.3 Å². The largest absolute Gasteiger partial charge is 0.328 e. The van der Waals surface area contributed by atoms with E-state index >= 15 is 0 Å². The molecule has 0 saturated carbocycles. The molecular weight excluding hydrogens is 215 g/mol. The van der Waals surface area contributed by atoms with E-state index in [1.54, 1.807) is 17.0 Å². The minimum Gasteiger partial charge on any atom is -0.328 e. The Morgan fingerprint density at radius 1 is 1.67 bits per heavy atom. The van der Waals surface area contributed by atoms with Gasteiger partial charge in [-0.3, -0.25) is 0 Å². The number of nitrogens with zero attached hydrogens (tertiary/aromatic N) is 2. The highest BCUT2D eigenvalue weighted by molar-refractivity contribution is 6.32. The van der Waals surface area contributed by atoms with Gasteiger partial charge in [0.2, 0.25) is 0 Å². The molecule has 15 heavy (non-hydrogen) atoms. The molecule has 1 heterocycles. The standard InChI is InChI=1S/C11H8ClFN2/c1-3-7-5-8-11(10(13)9(7)12)15(4-2)6-14-8/h1,5-6H,4H2,2H3. The minimum atomic E-state index is -0.499. The third kappa shape index (κ3) is 1.38. The van der Waals surface area contributed by atoms with Gasteiger partial charge in [0.05, 0.1) is 16.9 Å². The van der Waals surface area contributed by atoms with E-state index in [9.17, 15) is 4.39 Å². The van der Waals surface area contributed by atoms with Crippen LogP contribution in [0.3, 0.4) is 0 Å². The van der Waals surface area contributed by atoms with Crippen LogP contribution in [0.15, 0.2) is 12.4 Å². The molecule has 1 aromatic carbocycles. The van der Waals surface area contributed by atoms with Crippen LogP contribution in [0.1, 0.15) is 12.5 Å². The van der Waals surface area contributed by atoms with Crippen LogP contribution in [0, 0.1) is 18.2 Å². The number of terminal acetylenes is 1. The van der Waals surface area contributed by atoms with Gasteiger partial charge >= 0.3 is 0 Å². The lowest BCUT2D eigenvalue weighted by Gasteiger charge is -2.03. The van der Waals surface area contributed by atoms with Crippen molar-refractivity contribution < 1.29 is 4.39 Å². The number of halogens is 2. The molecule has 0 aliphatic heterocycles. The number of hydrogen-bond acceptors (Lipinski definition) is 1. The van der Waals surface area contributed by atoms with Crippen molar-refractivity contribution in [1.82, 2.24) is 9.55 Å². The van der Waals surface area contributed by atoms with Gasteiger partial charge in [0.25, 0.3) is 0 Å². The first-order valence-electron chi connectivity index (χ1n) is 4.48. The Labute approximate surface area is 91.7 Å². The summed E-state index contributed by atoms with van der Waals surface area (Å²) < 4.78 is 15.5. The molecule has 0 spiro atoms. The van der Waals surface area contributed by atoms with Crippen LogP contribution in [-0.2, 0) is 6.54 Å². The van der Waals surface area contributed by atoms with Crippen LogP contribution in [0.2, 0.25) is 5.02 Å². The lowest BCUT2D eigenvalue weighted by molar-refractivity contribution is 0.626. The highest BCUT2D eigenvalue weighted by atomic mass is 35.5. The number of aromatic nitrogens is 2. The first-order chi connectivity index (χ1) is 7.19. The number of aryl methyl sites for hydroxylation is 1. The molecule has 0 unspecified atom stereocenters. The van der Waals surface area contributed by atoms with Crippen molar-refractivity contribution >= 4 is 22.6 Å². The molecule has 0 amide bonds. The molecule has 0 aliphatic carbocycles. The third-order valence-electron chi connectivity index (χ3n) is 2.28. The molecule has 76 valence electrons. The van der Waals surface area contributed by atoms with Gasteiger partial charge in [0.1, 0.15) is 5.52 Å². The molecule has 0 atom stereocenters. The fourth-order valence-electron chi connectivity index (χ4n) is 1.51. The maximum absolute atomic E-state index is 13.8. The number of hydrogen-bond donors (Lipinski definition) is 0. The number of imidazole rings is 1. The minimum absolute atomic E-state index is 0.0137. The molecule has 0 N–H and O–H groups in total. The molecule has 2 aromatic rings. The van der Waals surface area contributed by atoms with Gasteiger partial charge in [-0.1, -0.05) is 17.5 Å². The third-order valence-corrected chi connectivity index (χ3v) is 2.65. The van der Waals surface area contributed by atoms with Gasteiger partial charge in [-0.2, -0.15) is 0 Å². The molecule has 0 saturated heterocycles. The van der Waals surface area contributed by atoms with E-state index in [2.05, 4.69) is 10.9 Å². The van der Waals surface area contributed by atoms with Crippen molar-refractivity contribution in [2.75, 3.05) is 0 Å². The van der Waals surface area contributed by atoms with Crippen molar-refractivity contribution in [2.24, 2.45) is 0 Å².